The third-order valence-corrected chi connectivity index (χ3v) is 3.74. The molecule has 0 saturated heterocycles. The van der Waals surface area contributed by atoms with Gasteiger partial charge in [0, 0.05) is 5.56 Å². The lowest BCUT2D eigenvalue weighted by Crippen LogP contribution is -2.24. The van der Waals surface area contributed by atoms with Gasteiger partial charge in [-0.3, -0.25) is 4.79 Å². The molecule has 0 spiro atoms. The van der Waals surface area contributed by atoms with Crippen LogP contribution in [0.4, 0.5) is 0 Å². The summed E-state index contributed by atoms with van der Waals surface area (Å²) in [5.74, 6) is -0.575. The van der Waals surface area contributed by atoms with E-state index in [0.29, 0.717) is 11.3 Å². The van der Waals surface area contributed by atoms with Crippen molar-refractivity contribution in [2.24, 2.45) is 0 Å². The first-order valence-electron chi connectivity index (χ1n) is 7.75. The van der Waals surface area contributed by atoms with Crippen LogP contribution in [0.5, 0.6) is 23.0 Å². The molecule has 7 nitrogen and oxygen atoms in total. The molecule has 0 amide bonds. The van der Waals surface area contributed by atoms with Crippen LogP contribution in [0.1, 0.15) is 27.6 Å². The number of hydrogen-bond acceptors (Lipinski definition) is 7. The molecule has 2 aromatic rings. The lowest BCUT2D eigenvalue weighted by atomic mass is 10.1. The molecule has 138 valence electrons. The zero-order valence-corrected chi connectivity index (χ0v) is 14.9. The Bertz CT molecular complexity index is 771. The molecule has 2 aromatic carbocycles. The van der Waals surface area contributed by atoms with Crippen molar-refractivity contribution in [2.45, 2.75) is 13.0 Å². The Morgan fingerprint density at radius 1 is 0.885 bits per heavy atom. The van der Waals surface area contributed by atoms with Crippen LogP contribution in [-0.4, -0.2) is 44.3 Å². The van der Waals surface area contributed by atoms with Gasteiger partial charge in [-0.25, -0.2) is 4.79 Å². The molecule has 0 aromatic heterocycles. The summed E-state index contributed by atoms with van der Waals surface area (Å²) < 4.78 is 20.3. The van der Waals surface area contributed by atoms with E-state index in [2.05, 4.69) is 0 Å². The highest BCUT2D eigenvalue weighted by atomic mass is 16.5. The zero-order chi connectivity index (χ0) is 19.3. The molecule has 0 unspecified atom stereocenters. The number of ether oxygens (including phenoxy) is 4. The summed E-state index contributed by atoms with van der Waals surface area (Å²) >= 11 is 0. The predicted octanol–water partition coefficient (Wildman–Crippen LogP) is 2.85. The van der Waals surface area contributed by atoms with E-state index in [1.165, 1.54) is 40.4 Å². The summed E-state index contributed by atoms with van der Waals surface area (Å²) in [5, 5.41) is 9.89. The largest absolute Gasteiger partial charge is 0.502 e. The van der Waals surface area contributed by atoms with Gasteiger partial charge in [-0.1, -0.05) is 0 Å². The molecule has 26 heavy (non-hydrogen) atoms. The maximum absolute atomic E-state index is 12.4. The molecule has 0 aliphatic carbocycles. The summed E-state index contributed by atoms with van der Waals surface area (Å²) in [6.07, 6.45) is -0.998. The van der Waals surface area contributed by atoms with Gasteiger partial charge in [0.25, 0.3) is 0 Å². The summed E-state index contributed by atoms with van der Waals surface area (Å²) in [4.78, 5) is 24.8. The third-order valence-electron chi connectivity index (χ3n) is 3.74. The minimum Gasteiger partial charge on any atom is -0.502 e. The maximum atomic E-state index is 12.4. The molecule has 1 N–H and O–H groups in total. The van der Waals surface area contributed by atoms with Gasteiger partial charge < -0.3 is 24.1 Å². The highest BCUT2D eigenvalue weighted by Crippen LogP contribution is 2.37. The Morgan fingerprint density at radius 3 is 1.88 bits per heavy atom. The Balaban J connectivity index is 2.16. The number of carbonyl (C=O) groups excluding carboxylic acids is 2. The average molecular weight is 360 g/mol. The van der Waals surface area contributed by atoms with Gasteiger partial charge in [0.05, 0.1) is 26.9 Å². The number of Topliss-reactive ketones (excluding diaryl/α,β-unsaturated/α-hetero) is 1. The van der Waals surface area contributed by atoms with Gasteiger partial charge in [-0.2, -0.15) is 0 Å². The number of benzene rings is 2. The van der Waals surface area contributed by atoms with E-state index in [0.717, 1.165) is 0 Å². The second-order valence-corrected chi connectivity index (χ2v) is 5.37. The maximum Gasteiger partial charge on any atom is 0.339 e. The van der Waals surface area contributed by atoms with Crippen molar-refractivity contribution in [3.63, 3.8) is 0 Å². The van der Waals surface area contributed by atoms with Crippen LogP contribution in [0.2, 0.25) is 0 Å². The van der Waals surface area contributed by atoms with Gasteiger partial charge in [-0.05, 0) is 43.3 Å². The molecule has 1 atom stereocenters. The van der Waals surface area contributed by atoms with Crippen LogP contribution in [0, 0.1) is 0 Å². The van der Waals surface area contributed by atoms with Gasteiger partial charge >= 0.3 is 5.97 Å². The number of hydrogen-bond donors (Lipinski definition) is 1. The standard InChI is InChI=1S/C19H20O7/c1-11(17(20)12-5-7-14(23-2)8-6-12)26-19(22)13-9-15(24-3)18(21)16(10-13)25-4/h5-11,21H,1-4H3/t11-/m0/s1. The van der Waals surface area contributed by atoms with Crippen LogP contribution in [0.15, 0.2) is 36.4 Å². The first kappa shape index (κ1) is 19.1. The average Bonchev–Trinajstić information content (AvgIpc) is 2.67. The molecule has 0 fully saturated rings. The van der Waals surface area contributed by atoms with Crippen molar-refractivity contribution < 1.29 is 33.6 Å². The van der Waals surface area contributed by atoms with E-state index in [4.69, 9.17) is 18.9 Å². The highest BCUT2D eigenvalue weighted by Gasteiger charge is 2.22. The number of phenolic OH excluding ortho intramolecular Hbond substituents is 1. The molecule has 2 rings (SSSR count). The van der Waals surface area contributed by atoms with Crippen molar-refractivity contribution >= 4 is 11.8 Å². The van der Waals surface area contributed by atoms with Crippen molar-refractivity contribution in [1.82, 2.24) is 0 Å². The lowest BCUT2D eigenvalue weighted by molar-refractivity contribution is 0.0318. The number of esters is 1. The van der Waals surface area contributed by atoms with E-state index in [1.54, 1.807) is 24.3 Å². The first-order chi connectivity index (χ1) is 12.4. The van der Waals surface area contributed by atoms with Crippen LogP contribution < -0.4 is 14.2 Å². The Kier molecular flexibility index (Phi) is 6.06. The predicted molar refractivity (Wildman–Crippen MR) is 93.4 cm³/mol. The van der Waals surface area contributed by atoms with E-state index in [1.807, 2.05) is 0 Å². The fourth-order valence-corrected chi connectivity index (χ4v) is 2.28. The van der Waals surface area contributed by atoms with Gasteiger partial charge in [0.15, 0.2) is 17.6 Å². The summed E-state index contributed by atoms with van der Waals surface area (Å²) in [6, 6.07) is 9.11. The Hall–Kier alpha value is -3.22. The van der Waals surface area contributed by atoms with Crippen LogP contribution in [-0.2, 0) is 4.74 Å². The van der Waals surface area contributed by atoms with Gasteiger partial charge in [0.1, 0.15) is 5.75 Å². The first-order valence-corrected chi connectivity index (χ1v) is 7.75. The minimum atomic E-state index is -0.998. The monoisotopic (exact) mass is 360 g/mol. The topological polar surface area (TPSA) is 91.3 Å². The van der Waals surface area contributed by atoms with E-state index < -0.39 is 12.1 Å². The molecule has 0 radical (unpaired) electrons. The van der Waals surface area contributed by atoms with Crippen LogP contribution in [0.25, 0.3) is 0 Å². The Labute approximate surface area is 151 Å². The molecule has 0 aliphatic heterocycles. The molecule has 7 heteroatoms. The number of aromatic hydroxyl groups is 1. The summed E-state index contributed by atoms with van der Waals surface area (Å²) in [5.41, 5.74) is 0.484. The van der Waals surface area contributed by atoms with Crippen LogP contribution >= 0.6 is 0 Å². The van der Waals surface area contributed by atoms with Gasteiger partial charge in [-0.15, -0.1) is 0 Å². The number of rotatable bonds is 7. The van der Waals surface area contributed by atoms with Gasteiger partial charge in [0.2, 0.25) is 11.5 Å². The van der Waals surface area contributed by atoms with Crippen molar-refractivity contribution in [3.8, 4) is 23.0 Å². The molecular formula is C19H20O7. The number of methoxy groups -OCH3 is 3. The van der Waals surface area contributed by atoms with Crippen LogP contribution in [0.3, 0.4) is 0 Å². The van der Waals surface area contributed by atoms with Crippen molar-refractivity contribution in [2.75, 3.05) is 21.3 Å². The minimum absolute atomic E-state index is 0.0606. The second-order valence-electron chi connectivity index (χ2n) is 5.37. The molecule has 0 saturated carbocycles. The summed E-state index contributed by atoms with van der Waals surface area (Å²) in [6.45, 7) is 1.49. The normalized spacial score (nSPS) is 11.4. The van der Waals surface area contributed by atoms with Crippen molar-refractivity contribution in [3.05, 3.63) is 47.5 Å². The molecular weight excluding hydrogens is 340 g/mol. The third kappa shape index (κ3) is 4.05. The number of ketones is 1. The summed E-state index contributed by atoms with van der Waals surface area (Å²) in [7, 11) is 4.22. The quantitative estimate of drug-likeness (QED) is 0.599. The smallest absolute Gasteiger partial charge is 0.339 e. The Morgan fingerprint density at radius 2 is 1.42 bits per heavy atom. The fourth-order valence-electron chi connectivity index (χ4n) is 2.28. The highest BCUT2D eigenvalue weighted by molar-refractivity contribution is 6.01. The lowest BCUT2D eigenvalue weighted by Gasteiger charge is -2.14. The fraction of sp³-hybridized carbons (Fsp3) is 0.263. The molecule has 0 bridgehead atoms. The molecule has 0 aliphatic rings. The second kappa shape index (κ2) is 8.24. The van der Waals surface area contributed by atoms with E-state index in [-0.39, 0.29) is 28.6 Å². The zero-order valence-electron chi connectivity index (χ0n) is 14.9. The van der Waals surface area contributed by atoms with E-state index in [9.17, 15) is 14.7 Å². The number of carbonyl (C=O) groups is 2. The number of phenols is 1. The van der Waals surface area contributed by atoms with E-state index >= 15 is 0 Å². The molecule has 0 heterocycles. The SMILES string of the molecule is COc1ccc(C(=O)[C@H](C)OC(=O)c2cc(OC)c(O)c(OC)c2)cc1. The van der Waals surface area contributed by atoms with Crippen molar-refractivity contribution in [1.29, 1.82) is 0 Å².